The lowest BCUT2D eigenvalue weighted by molar-refractivity contribution is -0.139. The summed E-state index contributed by atoms with van der Waals surface area (Å²) in [4.78, 5) is 17.3. The predicted octanol–water partition coefficient (Wildman–Crippen LogP) is 2.58. The Morgan fingerprint density at radius 1 is 1.43 bits per heavy atom. The van der Waals surface area contributed by atoms with Gasteiger partial charge >= 0.3 is 5.97 Å². The summed E-state index contributed by atoms with van der Waals surface area (Å²) < 4.78 is 0.963. The molecule has 0 spiro atoms. The van der Waals surface area contributed by atoms with Gasteiger partial charge in [-0.15, -0.1) is 0 Å². The smallest absolute Gasteiger partial charge is 0.317 e. The van der Waals surface area contributed by atoms with Crippen LogP contribution in [0.25, 0.3) is 0 Å². The maximum Gasteiger partial charge on any atom is 0.317 e. The van der Waals surface area contributed by atoms with Crippen LogP contribution in [-0.4, -0.2) is 46.1 Å². The molecule has 21 heavy (non-hydrogen) atoms. The molecule has 2 fully saturated rings. The van der Waals surface area contributed by atoms with Crippen LogP contribution >= 0.6 is 15.9 Å². The van der Waals surface area contributed by atoms with Crippen molar-refractivity contribution in [2.45, 2.75) is 37.8 Å². The largest absolute Gasteiger partial charge is 0.480 e. The number of anilines is 1. The summed E-state index contributed by atoms with van der Waals surface area (Å²) in [6.07, 6.45) is 8.11. The molecule has 1 aromatic heterocycles. The van der Waals surface area contributed by atoms with E-state index in [-0.39, 0.29) is 6.54 Å². The molecule has 2 saturated carbocycles. The molecular weight excluding hydrogens is 334 g/mol. The van der Waals surface area contributed by atoms with Crippen LogP contribution in [0.1, 0.15) is 25.7 Å². The Morgan fingerprint density at radius 2 is 2.19 bits per heavy atom. The van der Waals surface area contributed by atoms with Crippen molar-refractivity contribution in [1.29, 1.82) is 0 Å². The van der Waals surface area contributed by atoms with Crippen molar-refractivity contribution >= 4 is 27.6 Å². The molecule has 0 aromatic carbocycles. The number of carboxylic acids is 1. The van der Waals surface area contributed by atoms with E-state index in [0.717, 1.165) is 35.5 Å². The van der Waals surface area contributed by atoms with Gasteiger partial charge in [-0.05, 0) is 53.6 Å². The number of hydrogen-bond donors (Lipinski definition) is 2. The van der Waals surface area contributed by atoms with Crippen molar-refractivity contribution in [2.75, 3.05) is 18.4 Å². The lowest BCUT2D eigenvalue weighted by atomic mass is 9.85. The molecular formula is C15H20BrN3O2. The molecule has 0 saturated heterocycles. The first-order chi connectivity index (χ1) is 10.1. The first-order valence-corrected chi connectivity index (χ1v) is 8.22. The van der Waals surface area contributed by atoms with Gasteiger partial charge in [-0.2, -0.15) is 0 Å². The Morgan fingerprint density at radius 3 is 2.81 bits per heavy atom. The number of hydrogen-bond acceptors (Lipinski definition) is 4. The van der Waals surface area contributed by atoms with E-state index in [9.17, 15) is 4.79 Å². The second-order valence-corrected chi connectivity index (χ2v) is 7.04. The van der Waals surface area contributed by atoms with Crippen LogP contribution in [-0.2, 0) is 4.79 Å². The minimum absolute atomic E-state index is 0.173. The summed E-state index contributed by atoms with van der Waals surface area (Å²) in [6.45, 7) is 1.12. The molecule has 0 bridgehead atoms. The van der Waals surface area contributed by atoms with Gasteiger partial charge in [0.25, 0.3) is 0 Å². The number of aliphatic carboxylic acids is 1. The number of carbonyl (C=O) groups is 1. The van der Waals surface area contributed by atoms with E-state index in [0.29, 0.717) is 12.1 Å². The van der Waals surface area contributed by atoms with Gasteiger partial charge in [0.1, 0.15) is 0 Å². The number of carboxylic acid groups (broad SMARTS) is 1. The van der Waals surface area contributed by atoms with E-state index in [2.05, 4.69) is 31.1 Å². The predicted molar refractivity (Wildman–Crippen MR) is 84.3 cm³/mol. The van der Waals surface area contributed by atoms with Gasteiger partial charge in [-0.3, -0.25) is 14.7 Å². The monoisotopic (exact) mass is 353 g/mol. The average molecular weight is 354 g/mol. The van der Waals surface area contributed by atoms with Crippen LogP contribution in [0.2, 0.25) is 0 Å². The highest BCUT2D eigenvalue weighted by Gasteiger charge is 2.37. The topological polar surface area (TPSA) is 65.5 Å². The number of halogens is 1. The summed E-state index contributed by atoms with van der Waals surface area (Å²) in [6, 6.07) is 2.83. The van der Waals surface area contributed by atoms with Crippen LogP contribution in [0.15, 0.2) is 22.9 Å². The van der Waals surface area contributed by atoms with Crippen LogP contribution in [0, 0.1) is 5.92 Å². The summed E-state index contributed by atoms with van der Waals surface area (Å²) in [5.41, 5.74) is 1.01. The van der Waals surface area contributed by atoms with E-state index >= 15 is 0 Å². The first kappa shape index (κ1) is 14.8. The minimum Gasteiger partial charge on any atom is -0.480 e. The zero-order chi connectivity index (χ0) is 14.8. The molecule has 1 heterocycles. The molecule has 0 radical (unpaired) electrons. The summed E-state index contributed by atoms with van der Waals surface area (Å²) in [5.74, 6) is 0.00823. The number of nitrogens with one attached hydrogen (secondary N) is 1. The SMILES string of the molecule is O=C(O)CN(CC1CC1)C1CC(Nc2cncc(Br)c2)C1. The second kappa shape index (κ2) is 6.32. The minimum atomic E-state index is -0.719. The van der Waals surface area contributed by atoms with Crippen molar-refractivity contribution < 1.29 is 9.90 Å². The zero-order valence-electron chi connectivity index (χ0n) is 11.8. The third kappa shape index (κ3) is 4.17. The van der Waals surface area contributed by atoms with Crippen molar-refractivity contribution in [1.82, 2.24) is 9.88 Å². The number of rotatable bonds is 7. The van der Waals surface area contributed by atoms with Crippen LogP contribution in [0.5, 0.6) is 0 Å². The van der Waals surface area contributed by atoms with Crippen LogP contribution in [0.4, 0.5) is 5.69 Å². The van der Waals surface area contributed by atoms with Gasteiger partial charge < -0.3 is 10.4 Å². The lowest BCUT2D eigenvalue weighted by Gasteiger charge is -2.43. The van der Waals surface area contributed by atoms with Crippen molar-refractivity contribution in [3.8, 4) is 0 Å². The summed E-state index contributed by atoms with van der Waals surface area (Å²) in [7, 11) is 0. The Balaban J connectivity index is 1.49. The summed E-state index contributed by atoms with van der Waals surface area (Å²) in [5, 5.41) is 12.5. The molecule has 2 N–H and O–H groups in total. The van der Waals surface area contributed by atoms with Crippen molar-refractivity contribution in [2.24, 2.45) is 5.92 Å². The van der Waals surface area contributed by atoms with Gasteiger partial charge in [0.15, 0.2) is 0 Å². The highest BCUT2D eigenvalue weighted by atomic mass is 79.9. The molecule has 1 aromatic rings. The molecule has 0 unspecified atom stereocenters. The maximum atomic E-state index is 11.0. The van der Waals surface area contributed by atoms with E-state index in [1.165, 1.54) is 12.8 Å². The van der Waals surface area contributed by atoms with Crippen molar-refractivity contribution in [3.05, 3.63) is 22.9 Å². The maximum absolute atomic E-state index is 11.0. The number of aromatic nitrogens is 1. The Labute approximate surface area is 132 Å². The van der Waals surface area contributed by atoms with Gasteiger partial charge in [0.05, 0.1) is 18.4 Å². The van der Waals surface area contributed by atoms with E-state index in [1.54, 1.807) is 6.20 Å². The van der Waals surface area contributed by atoms with Gasteiger partial charge in [-0.25, -0.2) is 0 Å². The second-order valence-electron chi connectivity index (χ2n) is 6.12. The van der Waals surface area contributed by atoms with Crippen LogP contribution < -0.4 is 5.32 Å². The van der Waals surface area contributed by atoms with Gasteiger partial charge in [0.2, 0.25) is 0 Å². The normalized spacial score (nSPS) is 24.7. The zero-order valence-corrected chi connectivity index (χ0v) is 13.4. The average Bonchev–Trinajstić information content (AvgIpc) is 3.16. The Bertz CT molecular complexity index is 515. The molecule has 0 amide bonds. The molecule has 114 valence electrons. The highest BCUT2D eigenvalue weighted by Crippen LogP contribution is 2.34. The third-order valence-corrected chi connectivity index (χ3v) is 4.67. The van der Waals surface area contributed by atoms with E-state index < -0.39 is 5.97 Å². The standard InChI is InChI=1S/C15H20BrN3O2/c16-11-3-13(7-17-6-11)18-12-4-14(5-12)19(9-15(20)21)8-10-1-2-10/h3,6-7,10,12,14,18H,1-2,4-5,8-9H2,(H,20,21). The fourth-order valence-corrected chi connectivity index (χ4v) is 3.24. The molecule has 5 nitrogen and oxygen atoms in total. The van der Waals surface area contributed by atoms with E-state index in [1.807, 2.05) is 12.3 Å². The third-order valence-electron chi connectivity index (χ3n) is 4.23. The van der Waals surface area contributed by atoms with Crippen LogP contribution in [0.3, 0.4) is 0 Å². The Kier molecular flexibility index (Phi) is 4.45. The van der Waals surface area contributed by atoms with Crippen molar-refractivity contribution in [3.63, 3.8) is 0 Å². The molecule has 2 aliphatic carbocycles. The highest BCUT2D eigenvalue weighted by molar-refractivity contribution is 9.10. The lowest BCUT2D eigenvalue weighted by Crippen LogP contribution is -2.52. The number of pyridine rings is 1. The molecule has 6 heteroatoms. The molecule has 0 aliphatic heterocycles. The Hall–Kier alpha value is -1.14. The number of nitrogens with zero attached hydrogens (tertiary/aromatic N) is 2. The van der Waals surface area contributed by atoms with Gasteiger partial charge in [0, 0.05) is 29.3 Å². The fourth-order valence-electron chi connectivity index (χ4n) is 2.88. The molecule has 0 atom stereocenters. The van der Waals surface area contributed by atoms with E-state index in [4.69, 9.17) is 5.11 Å². The first-order valence-electron chi connectivity index (χ1n) is 7.43. The summed E-state index contributed by atoms with van der Waals surface area (Å²) >= 11 is 3.41. The van der Waals surface area contributed by atoms with Gasteiger partial charge in [-0.1, -0.05) is 0 Å². The quantitative estimate of drug-likeness (QED) is 0.788. The molecule has 2 aliphatic rings. The molecule has 3 rings (SSSR count). The fraction of sp³-hybridized carbons (Fsp3) is 0.600.